The number of hydrogen-bond donors (Lipinski definition) is 1. The number of aryl methyl sites for hydroxylation is 1. The van der Waals surface area contributed by atoms with Crippen LogP contribution in [0.15, 0.2) is 36.5 Å². The largest absolute Gasteiger partial charge is 0.313 e. The molecule has 0 aliphatic rings. The number of hydrogen-bond acceptors (Lipinski definition) is 2. The Morgan fingerprint density at radius 3 is 2.79 bits per heavy atom. The number of benzene rings is 1. The molecule has 0 bridgehead atoms. The Hall–Kier alpha value is -1.45. The quantitative estimate of drug-likeness (QED) is 0.923. The molecule has 0 spiro atoms. The average molecular weight is 279 g/mol. The molecule has 1 heterocycles. The number of halogens is 2. The maximum Gasteiger partial charge on any atom is 0.127 e. The van der Waals surface area contributed by atoms with Crippen molar-refractivity contribution in [2.24, 2.45) is 0 Å². The van der Waals surface area contributed by atoms with Crippen molar-refractivity contribution in [1.29, 1.82) is 0 Å². The molecule has 0 saturated carbocycles. The molecule has 1 atom stereocenters. The Morgan fingerprint density at radius 2 is 2.16 bits per heavy atom. The molecule has 1 aromatic carbocycles. The van der Waals surface area contributed by atoms with Crippen molar-refractivity contribution in [3.05, 3.63) is 64.2 Å². The third-order valence-corrected chi connectivity index (χ3v) is 3.50. The highest BCUT2D eigenvalue weighted by Crippen LogP contribution is 2.25. The van der Waals surface area contributed by atoms with Gasteiger partial charge in [-0.2, -0.15) is 0 Å². The van der Waals surface area contributed by atoms with Crippen molar-refractivity contribution >= 4 is 11.6 Å². The Balaban J connectivity index is 2.29. The van der Waals surface area contributed by atoms with Gasteiger partial charge in [-0.3, -0.25) is 4.98 Å². The molecule has 0 aliphatic heterocycles. The molecular weight excluding hydrogens is 263 g/mol. The number of nitrogens with zero attached hydrogens (tertiary/aromatic N) is 1. The Morgan fingerprint density at radius 1 is 1.37 bits per heavy atom. The van der Waals surface area contributed by atoms with Crippen molar-refractivity contribution in [1.82, 2.24) is 10.3 Å². The maximum atomic E-state index is 13.8. The summed E-state index contributed by atoms with van der Waals surface area (Å²) >= 11 is 6.07. The molecule has 4 heteroatoms. The van der Waals surface area contributed by atoms with Gasteiger partial charge in [-0.1, -0.05) is 17.7 Å². The third-order valence-electron chi connectivity index (χ3n) is 3.14. The number of rotatable bonds is 4. The normalized spacial score (nSPS) is 12.4. The van der Waals surface area contributed by atoms with E-state index in [-0.39, 0.29) is 11.9 Å². The van der Waals surface area contributed by atoms with E-state index in [0.717, 1.165) is 11.3 Å². The summed E-state index contributed by atoms with van der Waals surface area (Å²) in [5.74, 6) is -0.265. The van der Waals surface area contributed by atoms with Gasteiger partial charge in [0.05, 0.1) is 0 Å². The van der Waals surface area contributed by atoms with Crippen LogP contribution in [0.2, 0.25) is 5.02 Å². The van der Waals surface area contributed by atoms with E-state index in [1.807, 2.05) is 26.1 Å². The van der Waals surface area contributed by atoms with Crippen LogP contribution in [-0.4, -0.2) is 12.0 Å². The number of aromatic nitrogens is 1. The van der Waals surface area contributed by atoms with E-state index in [9.17, 15) is 4.39 Å². The first-order valence-electron chi connectivity index (χ1n) is 6.14. The minimum atomic E-state index is -0.265. The zero-order valence-electron chi connectivity index (χ0n) is 11.0. The molecule has 0 saturated heterocycles. The summed E-state index contributed by atoms with van der Waals surface area (Å²) in [7, 11) is 1.86. The molecule has 1 aromatic heterocycles. The Labute approximate surface area is 117 Å². The fraction of sp³-hybridized carbons (Fsp3) is 0.267. The van der Waals surface area contributed by atoms with E-state index in [0.29, 0.717) is 17.0 Å². The number of likely N-dealkylation sites (N-methyl/N-ethyl adjacent to an activating group) is 1. The zero-order chi connectivity index (χ0) is 13.8. The second kappa shape index (κ2) is 6.13. The van der Waals surface area contributed by atoms with Crippen LogP contribution in [0.25, 0.3) is 0 Å². The standard InChI is InChI=1S/C15H16ClFN2/c1-10-8-11(6-7-19-10)15(18-2)9-12-13(16)4-3-5-14(12)17/h3-8,15,18H,9H2,1-2H3. The fourth-order valence-electron chi connectivity index (χ4n) is 2.10. The van der Waals surface area contributed by atoms with Gasteiger partial charge in [-0.25, -0.2) is 4.39 Å². The summed E-state index contributed by atoms with van der Waals surface area (Å²) in [6.07, 6.45) is 2.27. The van der Waals surface area contributed by atoms with Gasteiger partial charge in [0.1, 0.15) is 5.82 Å². The van der Waals surface area contributed by atoms with Crippen LogP contribution in [0.1, 0.15) is 22.9 Å². The summed E-state index contributed by atoms with van der Waals surface area (Å²) in [4.78, 5) is 4.17. The summed E-state index contributed by atoms with van der Waals surface area (Å²) in [5, 5.41) is 3.66. The molecule has 19 heavy (non-hydrogen) atoms. The van der Waals surface area contributed by atoms with Gasteiger partial charge < -0.3 is 5.32 Å². The molecule has 0 radical (unpaired) electrons. The van der Waals surface area contributed by atoms with Crippen molar-refractivity contribution in [2.45, 2.75) is 19.4 Å². The summed E-state index contributed by atoms with van der Waals surface area (Å²) < 4.78 is 13.8. The van der Waals surface area contributed by atoms with Crippen molar-refractivity contribution < 1.29 is 4.39 Å². The lowest BCUT2D eigenvalue weighted by Gasteiger charge is -2.18. The second-order valence-corrected chi connectivity index (χ2v) is 4.88. The lowest BCUT2D eigenvalue weighted by Crippen LogP contribution is -2.19. The van der Waals surface area contributed by atoms with E-state index >= 15 is 0 Å². The van der Waals surface area contributed by atoms with Gasteiger partial charge in [0.15, 0.2) is 0 Å². The number of pyridine rings is 1. The minimum Gasteiger partial charge on any atom is -0.313 e. The highest BCUT2D eigenvalue weighted by atomic mass is 35.5. The fourth-order valence-corrected chi connectivity index (χ4v) is 2.34. The molecule has 2 aromatic rings. The molecule has 1 unspecified atom stereocenters. The first kappa shape index (κ1) is 14.0. The van der Waals surface area contributed by atoms with Crippen molar-refractivity contribution in [3.8, 4) is 0 Å². The maximum absolute atomic E-state index is 13.8. The van der Waals surface area contributed by atoms with Gasteiger partial charge in [0, 0.05) is 28.5 Å². The Kier molecular flexibility index (Phi) is 4.51. The van der Waals surface area contributed by atoms with Crippen LogP contribution in [0, 0.1) is 12.7 Å². The summed E-state index contributed by atoms with van der Waals surface area (Å²) in [5.41, 5.74) is 2.56. The lowest BCUT2D eigenvalue weighted by atomic mass is 9.99. The van der Waals surface area contributed by atoms with Crippen LogP contribution in [-0.2, 0) is 6.42 Å². The second-order valence-electron chi connectivity index (χ2n) is 4.48. The molecule has 0 aliphatic carbocycles. The van der Waals surface area contributed by atoms with Crippen LogP contribution in [0.3, 0.4) is 0 Å². The molecule has 2 rings (SSSR count). The molecule has 1 N–H and O–H groups in total. The van der Waals surface area contributed by atoms with Gasteiger partial charge in [-0.15, -0.1) is 0 Å². The van der Waals surface area contributed by atoms with E-state index in [4.69, 9.17) is 11.6 Å². The Bertz CT molecular complexity index is 552. The van der Waals surface area contributed by atoms with Crippen LogP contribution >= 0.6 is 11.6 Å². The predicted molar refractivity (Wildman–Crippen MR) is 75.9 cm³/mol. The molecule has 2 nitrogen and oxygen atoms in total. The van der Waals surface area contributed by atoms with Crippen molar-refractivity contribution in [2.75, 3.05) is 7.05 Å². The highest BCUT2D eigenvalue weighted by Gasteiger charge is 2.15. The highest BCUT2D eigenvalue weighted by molar-refractivity contribution is 6.31. The number of nitrogens with one attached hydrogen (secondary N) is 1. The smallest absolute Gasteiger partial charge is 0.127 e. The average Bonchev–Trinajstić information content (AvgIpc) is 2.38. The monoisotopic (exact) mass is 278 g/mol. The van der Waals surface area contributed by atoms with E-state index in [1.54, 1.807) is 18.3 Å². The van der Waals surface area contributed by atoms with Crippen molar-refractivity contribution in [3.63, 3.8) is 0 Å². The van der Waals surface area contributed by atoms with E-state index in [1.165, 1.54) is 6.07 Å². The molecular formula is C15H16ClFN2. The van der Waals surface area contributed by atoms with Crippen LogP contribution in [0.4, 0.5) is 4.39 Å². The minimum absolute atomic E-state index is 0.0103. The summed E-state index contributed by atoms with van der Waals surface area (Å²) in [6, 6.07) is 8.71. The van der Waals surface area contributed by atoms with E-state index < -0.39 is 0 Å². The zero-order valence-corrected chi connectivity index (χ0v) is 11.7. The lowest BCUT2D eigenvalue weighted by molar-refractivity contribution is 0.554. The third kappa shape index (κ3) is 3.31. The molecule has 0 fully saturated rings. The summed E-state index contributed by atoms with van der Waals surface area (Å²) in [6.45, 7) is 1.94. The predicted octanol–water partition coefficient (Wildman–Crippen LogP) is 3.69. The van der Waals surface area contributed by atoms with Crippen LogP contribution in [0.5, 0.6) is 0 Å². The SMILES string of the molecule is CNC(Cc1c(F)cccc1Cl)c1ccnc(C)c1. The van der Waals surface area contributed by atoms with Crippen LogP contribution < -0.4 is 5.32 Å². The van der Waals surface area contributed by atoms with Gasteiger partial charge in [0.2, 0.25) is 0 Å². The van der Waals surface area contributed by atoms with Gasteiger partial charge in [0.25, 0.3) is 0 Å². The topological polar surface area (TPSA) is 24.9 Å². The molecule has 0 amide bonds. The first-order chi connectivity index (χ1) is 9.11. The van der Waals surface area contributed by atoms with Gasteiger partial charge >= 0.3 is 0 Å². The van der Waals surface area contributed by atoms with E-state index in [2.05, 4.69) is 10.3 Å². The van der Waals surface area contributed by atoms with Gasteiger partial charge in [-0.05, 0) is 50.2 Å². The first-order valence-corrected chi connectivity index (χ1v) is 6.52. The molecule has 100 valence electrons.